The van der Waals surface area contributed by atoms with E-state index in [2.05, 4.69) is 15.6 Å². The van der Waals surface area contributed by atoms with E-state index in [9.17, 15) is 19.8 Å². The van der Waals surface area contributed by atoms with E-state index < -0.39 is 11.8 Å². The van der Waals surface area contributed by atoms with Crippen molar-refractivity contribution in [1.29, 1.82) is 0 Å². The molecule has 4 N–H and O–H groups in total. The van der Waals surface area contributed by atoms with Gasteiger partial charge in [0.25, 0.3) is 11.8 Å². The Morgan fingerprint density at radius 3 is 2.41 bits per heavy atom. The highest BCUT2D eigenvalue weighted by atomic mass is 35.5. The molecule has 37 heavy (non-hydrogen) atoms. The van der Waals surface area contributed by atoms with Gasteiger partial charge in [0.2, 0.25) is 0 Å². The summed E-state index contributed by atoms with van der Waals surface area (Å²) >= 11 is 5.83. The monoisotopic (exact) mass is 519 g/mol. The minimum atomic E-state index is -0.564. The van der Waals surface area contributed by atoms with Gasteiger partial charge in [-0.3, -0.25) is 9.59 Å². The second-order valence-electron chi connectivity index (χ2n) is 8.60. The Kier molecular flexibility index (Phi) is 7.76. The summed E-state index contributed by atoms with van der Waals surface area (Å²) in [5.41, 5.74) is 1.74. The van der Waals surface area contributed by atoms with Crippen LogP contribution in [-0.4, -0.2) is 57.1 Å². The Morgan fingerprint density at radius 1 is 0.973 bits per heavy atom. The summed E-state index contributed by atoms with van der Waals surface area (Å²) in [6.07, 6.45) is 3.21. The third-order valence-electron chi connectivity index (χ3n) is 5.67. The second kappa shape index (κ2) is 11.2. The number of benzene rings is 2. The molecule has 4 aromatic rings. The molecule has 0 spiro atoms. The molecule has 190 valence electrons. The average Bonchev–Trinajstić information content (AvgIpc) is 3.25. The number of hydrogen-bond acceptors (Lipinski definition) is 6. The van der Waals surface area contributed by atoms with Crippen molar-refractivity contribution in [2.75, 3.05) is 31.3 Å². The van der Waals surface area contributed by atoms with E-state index in [-0.39, 0.29) is 28.7 Å². The summed E-state index contributed by atoms with van der Waals surface area (Å²) in [4.78, 5) is 31.9. The minimum absolute atomic E-state index is 0.0290. The molecule has 0 atom stereocenters. The lowest BCUT2D eigenvalue weighted by molar-refractivity contribution is 0.102. The van der Waals surface area contributed by atoms with Crippen molar-refractivity contribution in [1.82, 2.24) is 14.5 Å². The summed E-state index contributed by atoms with van der Waals surface area (Å²) in [6.45, 7) is 1.42. The van der Waals surface area contributed by atoms with Crippen molar-refractivity contribution >= 4 is 34.9 Å². The molecule has 4 rings (SSSR count). The van der Waals surface area contributed by atoms with Crippen LogP contribution in [0.15, 0.2) is 73.1 Å². The number of likely N-dealkylation sites (N-methyl/N-ethyl adjacent to an activating group) is 1. The van der Waals surface area contributed by atoms with Crippen LogP contribution in [-0.2, 0) is 6.54 Å². The largest absolute Gasteiger partial charge is 0.506 e. The van der Waals surface area contributed by atoms with Gasteiger partial charge >= 0.3 is 0 Å². The number of amides is 2. The normalized spacial score (nSPS) is 10.9. The summed E-state index contributed by atoms with van der Waals surface area (Å²) in [5, 5.41) is 26.6. The van der Waals surface area contributed by atoms with Gasteiger partial charge in [0.1, 0.15) is 11.6 Å². The number of carbonyl (C=O) groups is 2. The number of hydrogen-bond donors (Lipinski definition) is 4. The fourth-order valence-electron chi connectivity index (χ4n) is 3.66. The smallest absolute Gasteiger partial charge is 0.259 e. The maximum absolute atomic E-state index is 13.0. The number of anilines is 2. The van der Waals surface area contributed by atoms with Gasteiger partial charge in [-0.15, -0.1) is 0 Å². The lowest BCUT2D eigenvalue weighted by Crippen LogP contribution is -2.18. The van der Waals surface area contributed by atoms with Crippen LogP contribution in [0.1, 0.15) is 20.7 Å². The molecule has 9 nitrogen and oxygen atoms in total. The van der Waals surface area contributed by atoms with Gasteiger partial charge in [-0.25, -0.2) is 4.98 Å². The number of nitrogens with one attached hydrogen (secondary N) is 2. The summed E-state index contributed by atoms with van der Waals surface area (Å²) < 4.78 is 1.76. The molecule has 2 amide bonds. The number of carbonyl (C=O) groups excluding carboxylic acids is 2. The molecular formula is C27H26ClN5O4. The van der Waals surface area contributed by atoms with Gasteiger partial charge in [-0.2, -0.15) is 0 Å². The van der Waals surface area contributed by atoms with Crippen LogP contribution in [0.5, 0.6) is 11.6 Å². The highest BCUT2D eigenvalue weighted by Crippen LogP contribution is 2.32. The Hall–Kier alpha value is -4.34. The molecule has 2 heterocycles. The van der Waals surface area contributed by atoms with E-state index in [1.807, 2.05) is 31.3 Å². The maximum atomic E-state index is 13.0. The molecular weight excluding hydrogens is 494 g/mol. The Bertz CT molecular complexity index is 1420. The molecule has 0 aliphatic rings. The third kappa shape index (κ3) is 6.08. The lowest BCUT2D eigenvalue weighted by Gasteiger charge is -2.13. The van der Waals surface area contributed by atoms with E-state index in [1.165, 1.54) is 30.5 Å². The molecule has 0 bridgehead atoms. The highest BCUT2D eigenvalue weighted by molar-refractivity contribution is 6.30. The van der Waals surface area contributed by atoms with Crippen molar-refractivity contribution in [2.45, 2.75) is 6.54 Å². The molecule has 0 unspecified atom stereocenters. The van der Waals surface area contributed by atoms with Gasteiger partial charge in [-0.1, -0.05) is 29.8 Å². The first-order chi connectivity index (χ1) is 17.7. The molecule has 0 saturated carbocycles. The fraction of sp³-hybridized carbons (Fsp3) is 0.148. The van der Waals surface area contributed by atoms with E-state index in [0.717, 1.165) is 12.1 Å². The van der Waals surface area contributed by atoms with E-state index in [1.54, 1.807) is 34.9 Å². The zero-order chi connectivity index (χ0) is 26.5. The number of halogens is 1. The van der Waals surface area contributed by atoms with Crippen LogP contribution in [0.2, 0.25) is 5.02 Å². The fourth-order valence-corrected chi connectivity index (χ4v) is 3.77. The lowest BCUT2D eigenvalue weighted by atomic mass is 10.1. The zero-order valence-corrected chi connectivity index (χ0v) is 21.0. The Morgan fingerprint density at radius 2 is 1.73 bits per heavy atom. The number of nitrogens with zero attached hydrogens (tertiary/aromatic N) is 3. The predicted octanol–water partition coefficient (Wildman–Crippen LogP) is 4.68. The first-order valence-electron chi connectivity index (χ1n) is 11.4. The van der Waals surface area contributed by atoms with Gasteiger partial charge in [0.15, 0.2) is 5.88 Å². The topological polar surface area (TPSA) is 120 Å². The van der Waals surface area contributed by atoms with Crippen molar-refractivity contribution in [3.63, 3.8) is 0 Å². The third-order valence-corrected chi connectivity index (χ3v) is 5.90. The summed E-state index contributed by atoms with van der Waals surface area (Å²) in [5.74, 6) is -0.917. The number of para-hydroxylation sites is 1. The zero-order valence-electron chi connectivity index (χ0n) is 20.3. The molecule has 0 radical (unpaired) electrons. The Balaban J connectivity index is 1.50. The highest BCUT2D eigenvalue weighted by Gasteiger charge is 2.19. The first kappa shape index (κ1) is 25.7. The van der Waals surface area contributed by atoms with Crippen molar-refractivity contribution in [2.24, 2.45) is 0 Å². The van der Waals surface area contributed by atoms with Crippen molar-refractivity contribution in [3.05, 3.63) is 89.2 Å². The number of aromatic hydroxyl groups is 2. The Labute approximate surface area is 219 Å². The minimum Gasteiger partial charge on any atom is -0.506 e. The van der Waals surface area contributed by atoms with Crippen LogP contribution in [0, 0.1) is 0 Å². The van der Waals surface area contributed by atoms with Gasteiger partial charge in [0, 0.05) is 36.6 Å². The predicted molar refractivity (Wildman–Crippen MR) is 143 cm³/mol. The number of aromatic nitrogens is 2. The average molecular weight is 520 g/mol. The molecule has 0 saturated heterocycles. The van der Waals surface area contributed by atoms with Crippen LogP contribution < -0.4 is 10.6 Å². The SMILES string of the molecule is CN(C)CCn1ccc(-c2ccc(C(=O)Nc3c(O)cccc3C(=O)Nc3ccc(Cl)cn3)cc2)c1O. The molecule has 0 aliphatic heterocycles. The number of phenolic OH excluding ortho intramolecular Hbond substituents is 1. The summed E-state index contributed by atoms with van der Waals surface area (Å²) in [7, 11) is 3.93. The molecule has 0 fully saturated rings. The quantitative estimate of drug-likeness (QED) is 0.251. The van der Waals surface area contributed by atoms with Crippen LogP contribution in [0.3, 0.4) is 0 Å². The number of phenols is 1. The van der Waals surface area contributed by atoms with Gasteiger partial charge < -0.3 is 30.3 Å². The van der Waals surface area contributed by atoms with E-state index in [0.29, 0.717) is 22.7 Å². The van der Waals surface area contributed by atoms with Crippen LogP contribution >= 0.6 is 11.6 Å². The van der Waals surface area contributed by atoms with Gasteiger partial charge in [0.05, 0.1) is 16.3 Å². The second-order valence-corrected chi connectivity index (χ2v) is 9.03. The first-order valence-corrected chi connectivity index (χ1v) is 11.8. The maximum Gasteiger partial charge on any atom is 0.259 e. The number of pyridine rings is 1. The molecule has 0 aliphatic carbocycles. The molecule has 2 aromatic heterocycles. The van der Waals surface area contributed by atoms with E-state index >= 15 is 0 Å². The van der Waals surface area contributed by atoms with Crippen LogP contribution in [0.4, 0.5) is 11.5 Å². The molecule has 2 aromatic carbocycles. The molecule has 10 heteroatoms. The van der Waals surface area contributed by atoms with Gasteiger partial charge in [-0.05, 0) is 62.1 Å². The van der Waals surface area contributed by atoms with Crippen molar-refractivity contribution < 1.29 is 19.8 Å². The van der Waals surface area contributed by atoms with Crippen molar-refractivity contribution in [3.8, 4) is 22.8 Å². The summed E-state index contributed by atoms with van der Waals surface area (Å²) in [6, 6.07) is 16.0. The van der Waals surface area contributed by atoms with E-state index in [4.69, 9.17) is 11.6 Å². The van der Waals surface area contributed by atoms with Crippen LogP contribution in [0.25, 0.3) is 11.1 Å². The standard InChI is InChI=1S/C27H26ClN5O4/c1-32(2)14-15-33-13-12-20(27(33)37)17-6-8-18(9-7-17)25(35)31-24-21(4-3-5-22(24)34)26(36)30-23-11-10-19(28)16-29-23/h3-13,16,34,37H,14-15H2,1-2H3,(H,31,35)(H,29,30,36). The number of rotatable bonds is 8.